The van der Waals surface area contributed by atoms with Crippen LogP contribution in [-0.4, -0.2) is 27.4 Å². The minimum absolute atomic E-state index is 0.0454. The summed E-state index contributed by atoms with van der Waals surface area (Å²) in [6.07, 6.45) is -1.54. The van der Waals surface area contributed by atoms with E-state index in [0.717, 1.165) is 0 Å². The maximum Gasteiger partial charge on any atom is 0.396 e. The van der Waals surface area contributed by atoms with Gasteiger partial charge in [-0.15, -0.1) is 0 Å². The predicted molar refractivity (Wildman–Crippen MR) is 56.3 cm³/mol. The Balaban J connectivity index is 2.17. The Bertz CT molecular complexity index is 496. The lowest BCUT2D eigenvalue weighted by atomic mass is 9.83. The summed E-state index contributed by atoms with van der Waals surface area (Å²) in [4.78, 5) is 14.7. The molecule has 1 aliphatic rings. The first-order valence-corrected chi connectivity index (χ1v) is 5.64. The zero-order valence-corrected chi connectivity index (χ0v) is 9.72. The van der Waals surface area contributed by atoms with Gasteiger partial charge in [0.05, 0.1) is 11.8 Å². The van der Waals surface area contributed by atoms with Crippen molar-refractivity contribution >= 4 is 5.97 Å². The first-order valence-electron chi connectivity index (χ1n) is 5.64. The van der Waals surface area contributed by atoms with Crippen molar-refractivity contribution in [2.45, 2.75) is 31.4 Å². The van der Waals surface area contributed by atoms with Crippen LogP contribution < -0.4 is 0 Å². The molecule has 2 atom stereocenters. The number of allylic oxidation sites excluding steroid dienone is 2. The Morgan fingerprint density at radius 1 is 1.42 bits per heavy atom. The fraction of sp³-hybridized carbons (Fsp3) is 0.545. The van der Waals surface area contributed by atoms with Crippen LogP contribution in [0.25, 0.3) is 0 Å². The predicted octanol–water partition coefficient (Wildman–Crippen LogP) is 2.31. The van der Waals surface area contributed by atoms with Crippen molar-refractivity contribution in [3.63, 3.8) is 0 Å². The molecule has 0 fully saturated rings. The molecular weight excluding hydrogens is 265 g/mol. The van der Waals surface area contributed by atoms with E-state index in [1.54, 1.807) is 12.2 Å². The largest absolute Gasteiger partial charge is 0.481 e. The van der Waals surface area contributed by atoms with Gasteiger partial charge < -0.3 is 9.63 Å². The van der Waals surface area contributed by atoms with Gasteiger partial charge in [-0.1, -0.05) is 17.3 Å². The SMILES string of the molecule is O=C(O)C1CC=CCC1c1nc(CC(F)(F)F)no1. The number of aliphatic carboxylic acids is 1. The summed E-state index contributed by atoms with van der Waals surface area (Å²) in [5.74, 6) is -2.86. The Morgan fingerprint density at radius 3 is 2.74 bits per heavy atom. The standard InChI is InChI=1S/C11H11F3N2O3/c12-11(13,14)5-8-15-9(19-16-8)6-3-1-2-4-7(6)10(17)18/h1-2,6-7H,3-5H2,(H,17,18). The van der Waals surface area contributed by atoms with E-state index >= 15 is 0 Å². The number of carboxylic acid groups (broad SMARTS) is 1. The van der Waals surface area contributed by atoms with Crippen molar-refractivity contribution < 1.29 is 27.6 Å². The lowest BCUT2D eigenvalue weighted by Gasteiger charge is -2.21. The molecule has 0 bridgehead atoms. The van der Waals surface area contributed by atoms with E-state index in [4.69, 9.17) is 9.63 Å². The van der Waals surface area contributed by atoms with Crippen molar-refractivity contribution in [3.05, 3.63) is 23.9 Å². The highest BCUT2D eigenvalue weighted by molar-refractivity contribution is 5.71. The summed E-state index contributed by atoms with van der Waals surface area (Å²) in [6.45, 7) is 0. The Morgan fingerprint density at radius 2 is 2.11 bits per heavy atom. The first kappa shape index (κ1) is 13.6. The molecule has 8 heteroatoms. The van der Waals surface area contributed by atoms with Crippen LogP contribution in [-0.2, 0) is 11.2 Å². The van der Waals surface area contributed by atoms with E-state index < -0.39 is 36.2 Å². The molecule has 0 radical (unpaired) electrons. The van der Waals surface area contributed by atoms with Gasteiger partial charge in [0, 0.05) is 0 Å². The number of halogens is 3. The second-order valence-corrected chi connectivity index (χ2v) is 4.33. The molecule has 1 aliphatic carbocycles. The Kier molecular flexibility index (Phi) is 3.59. The van der Waals surface area contributed by atoms with Gasteiger partial charge in [0.1, 0.15) is 6.42 Å². The normalized spacial score (nSPS) is 23.5. The van der Waals surface area contributed by atoms with Gasteiger partial charge in [-0.3, -0.25) is 4.79 Å². The second-order valence-electron chi connectivity index (χ2n) is 4.33. The molecule has 1 aromatic heterocycles. The third kappa shape index (κ3) is 3.33. The van der Waals surface area contributed by atoms with Gasteiger partial charge in [-0.2, -0.15) is 18.2 Å². The lowest BCUT2D eigenvalue weighted by molar-refractivity contribution is -0.142. The van der Waals surface area contributed by atoms with Crippen LogP contribution in [0.2, 0.25) is 0 Å². The van der Waals surface area contributed by atoms with Crippen molar-refractivity contribution in [3.8, 4) is 0 Å². The molecule has 104 valence electrons. The van der Waals surface area contributed by atoms with E-state index in [9.17, 15) is 18.0 Å². The summed E-state index contributed by atoms with van der Waals surface area (Å²) in [5, 5.41) is 12.3. The van der Waals surface area contributed by atoms with Crippen LogP contribution >= 0.6 is 0 Å². The quantitative estimate of drug-likeness (QED) is 0.857. The number of hydrogen-bond acceptors (Lipinski definition) is 4. The summed E-state index contributed by atoms with van der Waals surface area (Å²) < 4.78 is 41.3. The average molecular weight is 276 g/mol. The fourth-order valence-electron chi connectivity index (χ4n) is 2.03. The number of rotatable bonds is 3. The van der Waals surface area contributed by atoms with Crippen molar-refractivity contribution in [1.82, 2.24) is 10.1 Å². The molecule has 1 N–H and O–H groups in total. The molecule has 1 heterocycles. The molecule has 0 spiro atoms. The number of nitrogens with zero attached hydrogens (tertiary/aromatic N) is 2. The second kappa shape index (κ2) is 5.02. The third-order valence-electron chi connectivity index (χ3n) is 2.91. The maximum atomic E-state index is 12.2. The Hall–Kier alpha value is -1.86. The minimum atomic E-state index is -4.42. The van der Waals surface area contributed by atoms with Crippen LogP contribution in [0.5, 0.6) is 0 Å². The van der Waals surface area contributed by atoms with Crippen molar-refractivity contribution in [2.75, 3.05) is 0 Å². The van der Waals surface area contributed by atoms with Crippen LogP contribution in [0.3, 0.4) is 0 Å². The molecule has 2 rings (SSSR count). The van der Waals surface area contributed by atoms with Gasteiger partial charge in [0.25, 0.3) is 0 Å². The summed E-state index contributed by atoms with van der Waals surface area (Å²) in [7, 11) is 0. The van der Waals surface area contributed by atoms with E-state index in [1.165, 1.54) is 0 Å². The summed E-state index contributed by atoms with van der Waals surface area (Å²) in [6, 6.07) is 0. The molecule has 0 aromatic carbocycles. The van der Waals surface area contributed by atoms with E-state index in [0.29, 0.717) is 12.8 Å². The molecule has 0 aliphatic heterocycles. The molecule has 2 unspecified atom stereocenters. The van der Waals surface area contributed by atoms with Crippen molar-refractivity contribution in [1.29, 1.82) is 0 Å². The fourth-order valence-corrected chi connectivity index (χ4v) is 2.03. The van der Waals surface area contributed by atoms with Crippen LogP contribution in [0.15, 0.2) is 16.7 Å². The monoisotopic (exact) mass is 276 g/mol. The van der Waals surface area contributed by atoms with Crippen LogP contribution in [0.1, 0.15) is 30.5 Å². The molecule has 19 heavy (non-hydrogen) atoms. The van der Waals surface area contributed by atoms with E-state index in [1.807, 2.05) is 0 Å². The van der Waals surface area contributed by atoms with Gasteiger partial charge in [0.2, 0.25) is 5.89 Å². The first-order chi connectivity index (χ1) is 8.87. The third-order valence-corrected chi connectivity index (χ3v) is 2.91. The molecule has 1 aromatic rings. The van der Waals surface area contributed by atoms with Crippen molar-refractivity contribution in [2.24, 2.45) is 5.92 Å². The average Bonchev–Trinajstić information content (AvgIpc) is 2.75. The van der Waals surface area contributed by atoms with Crippen LogP contribution in [0, 0.1) is 5.92 Å². The highest BCUT2D eigenvalue weighted by Gasteiger charge is 2.35. The number of carboxylic acids is 1. The molecule has 0 amide bonds. The molecule has 0 saturated heterocycles. The summed E-state index contributed by atoms with van der Waals surface area (Å²) >= 11 is 0. The highest BCUT2D eigenvalue weighted by Crippen LogP contribution is 2.34. The van der Waals surface area contributed by atoms with E-state index in [2.05, 4.69) is 10.1 Å². The number of alkyl halides is 3. The molecular formula is C11H11F3N2O3. The molecule has 0 saturated carbocycles. The van der Waals surface area contributed by atoms with E-state index in [-0.39, 0.29) is 5.89 Å². The molecule has 5 nitrogen and oxygen atoms in total. The topological polar surface area (TPSA) is 76.2 Å². The van der Waals surface area contributed by atoms with Gasteiger partial charge in [0.15, 0.2) is 5.82 Å². The zero-order chi connectivity index (χ0) is 14.0. The highest BCUT2D eigenvalue weighted by atomic mass is 19.4. The minimum Gasteiger partial charge on any atom is -0.481 e. The maximum absolute atomic E-state index is 12.2. The number of carbonyl (C=O) groups is 1. The number of aromatic nitrogens is 2. The van der Waals surface area contributed by atoms with Gasteiger partial charge >= 0.3 is 12.1 Å². The lowest BCUT2D eigenvalue weighted by Crippen LogP contribution is -2.23. The smallest absolute Gasteiger partial charge is 0.396 e. The summed E-state index contributed by atoms with van der Waals surface area (Å²) in [5.41, 5.74) is 0. The zero-order valence-electron chi connectivity index (χ0n) is 9.72. The number of hydrogen-bond donors (Lipinski definition) is 1. The van der Waals surface area contributed by atoms with Gasteiger partial charge in [-0.05, 0) is 12.8 Å². The van der Waals surface area contributed by atoms with Gasteiger partial charge in [-0.25, -0.2) is 0 Å². The Labute approximate surface area is 106 Å². The van der Waals surface area contributed by atoms with Crippen LogP contribution in [0.4, 0.5) is 13.2 Å².